The highest BCUT2D eigenvalue weighted by molar-refractivity contribution is 5.83. The van der Waals surface area contributed by atoms with Crippen LogP contribution >= 0.6 is 0 Å². The van der Waals surface area contributed by atoms with Crippen LogP contribution in [0.25, 0.3) is 0 Å². The van der Waals surface area contributed by atoms with Crippen LogP contribution in [0.2, 0.25) is 0 Å². The standard InChI is InChI=1S/C14H27N3O/c1-11(2)17(10-12-4-7-15-8-5-12)13-6-9-16(3)14(13)18/h11-13,15H,4-10H2,1-3H3. The van der Waals surface area contributed by atoms with E-state index < -0.39 is 0 Å². The molecule has 2 heterocycles. The van der Waals surface area contributed by atoms with E-state index in [0.29, 0.717) is 11.9 Å². The van der Waals surface area contributed by atoms with Crippen LogP contribution in [0.15, 0.2) is 0 Å². The van der Waals surface area contributed by atoms with E-state index in [4.69, 9.17) is 0 Å². The zero-order valence-electron chi connectivity index (χ0n) is 12.0. The number of piperidine rings is 1. The molecule has 0 saturated carbocycles. The maximum Gasteiger partial charge on any atom is 0.239 e. The molecule has 1 amide bonds. The molecule has 0 bridgehead atoms. The van der Waals surface area contributed by atoms with Gasteiger partial charge in [-0.15, -0.1) is 0 Å². The first-order valence-corrected chi connectivity index (χ1v) is 7.31. The van der Waals surface area contributed by atoms with Gasteiger partial charge in [-0.2, -0.15) is 0 Å². The molecule has 2 aliphatic heterocycles. The Hall–Kier alpha value is -0.610. The summed E-state index contributed by atoms with van der Waals surface area (Å²) < 4.78 is 0. The lowest BCUT2D eigenvalue weighted by Crippen LogP contribution is -2.48. The van der Waals surface area contributed by atoms with Crippen LogP contribution in [0.1, 0.15) is 33.1 Å². The largest absolute Gasteiger partial charge is 0.344 e. The number of likely N-dealkylation sites (N-methyl/N-ethyl adjacent to an activating group) is 1. The van der Waals surface area contributed by atoms with Crippen molar-refractivity contribution in [2.24, 2.45) is 5.92 Å². The van der Waals surface area contributed by atoms with Gasteiger partial charge in [0.15, 0.2) is 0 Å². The highest BCUT2D eigenvalue weighted by Crippen LogP contribution is 2.22. The van der Waals surface area contributed by atoms with Gasteiger partial charge in [-0.3, -0.25) is 9.69 Å². The van der Waals surface area contributed by atoms with E-state index in [0.717, 1.165) is 38.5 Å². The third-order valence-corrected chi connectivity index (χ3v) is 4.39. The average Bonchev–Trinajstić information content (AvgIpc) is 2.68. The van der Waals surface area contributed by atoms with Gasteiger partial charge in [0.2, 0.25) is 5.91 Å². The van der Waals surface area contributed by atoms with Crippen molar-refractivity contribution in [1.29, 1.82) is 0 Å². The molecule has 0 spiro atoms. The molecule has 104 valence electrons. The van der Waals surface area contributed by atoms with Gasteiger partial charge in [0.1, 0.15) is 0 Å². The molecule has 0 aromatic rings. The summed E-state index contributed by atoms with van der Waals surface area (Å²) in [4.78, 5) is 16.5. The number of amides is 1. The Morgan fingerprint density at radius 2 is 2.00 bits per heavy atom. The third kappa shape index (κ3) is 3.04. The predicted octanol–water partition coefficient (Wildman–Crippen LogP) is 0.927. The summed E-state index contributed by atoms with van der Waals surface area (Å²) >= 11 is 0. The first-order chi connectivity index (χ1) is 8.59. The summed E-state index contributed by atoms with van der Waals surface area (Å²) in [5.41, 5.74) is 0. The van der Waals surface area contributed by atoms with Gasteiger partial charge in [-0.25, -0.2) is 0 Å². The van der Waals surface area contributed by atoms with Crippen molar-refractivity contribution in [2.45, 2.75) is 45.2 Å². The summed E-state index contributed by atoms with van der Waals surface area (Å²) in [6.07, 6.45) is 3.50. The highest BCUT2D eigenvalue weighted by Gasteiger charge is 2.36. The number of likely N-dealkylation sites (tertiary alicyclic amines) is 1. The molecule has 2 rings (SSSR count). The molecule has 0 aromatic heterocycles. The molecular weight excluding hydrogens is 226 g/mol. The lowest BCUT2D eigenvalue weighted by atomic mass is 9.96. The van der Waals surface area contributed by atoms with E-state index in [1.54, 1.807) is 0 Å². The summed E-state index contributed by atoms with van der Waals surface area (Å²) in [6, 6.07) is 0.588. The molecule has 4 heteroatoms. The molecule has 2 saturated heterocycles. The molecule has 2 fully saturated rings. The molecular formula is C14H27N3O. The fourth-order valence-electron chi connectivity index (χ4n) is 3.17. The number of hydrogen-bond acceptors (Lipinski definition) is 3. The molecule has 1 unspecified atom stereocenters. The SMILES string of the molecule is CC(C)N(CC1CCNCC1)C1CCN(C)C1=O. The molecule has 2 aliphatic rings. The zero-order valence-corrected chi connectivity index (χ0v) is 12.0. The average molecular weight is 253 g/mol. The van der Waals surface area contributed by atoms with E-state index in [1.807, 2.05) is 11.9 Å². The topological polar surface area (TPSA) is 35.6 Å². The molecule has 1 N–H and O–H groups in total. The van der Waals surface area contributed by atoms with Gasteiger partial charge >= 0.3 is 0 Å². The third-order valence-electron chi connectivity index (χ3n) is 4.39. The van der Waals surface area contributed by atoms with Crippen molar-refractivity contribution >= 4 is 5.91 Å². The Morgan fingerprint density at radius 3 is 2.50 bits per heavy atom. The second-order valence-electron chi connectivity index (χ2n) is 6.05. The lowest BCUT2D eigenvalue weighted by Gasteiger charge is -2.35. The van der Waals surface area contributed by atoms with Crippen LogP contribution in [0.3, 0.4) is 0 Å². The molecule has 0 aliphatic carbocycles. The van der Waals surface area contributed by atoms with Gasteiger partial charge in [0.25, 0.3) is 0 Å². The zero-order chi connectivity index (χ0) is 13.1. The van der Waals surface area contributed by atoms with Gasteiger partial charge in [0.05, 0.1) is 6.04 Å². The van der Waals surface area contributed by atoms with Crippen molar-refractivity contribution in [3.8, 4) is 0 Å². The molecule has 0 aromatic carbocycles. The van der Waals surface area contributed by atoms with E-state index in [2.05, 4.69) is 24.1 Å². The first kappa shape index (κ1) is 13.8. The van der Waals surface area contributed by atoms with Crippen molar-refractivity contribution in [1.82, 2.24) is 15.1 Å². The Bertz CT molecular complexity index is 287. The molecule has 0 radical (unpaired) electrons. The normalized spacial score (nSPS) is 26.6. The smallest absolute Gasteiger partial charge is 0.239 e. The van der Waals surface area contributed by atoms with Gasteiger partial charge in [-0.1, -0.05) is 0 Å². The van der Waals surface area contributed by atoms with Crippen molar-refractivity contribution in [3.63, 3.8) is 0 Å². The number of nitrogens with zero attached hydrogens (tertiary/aromatic N) is 2. The highest BCUT2D eigenvalue weighted by atomic mass is 16.2. The van der Waals surface area contributed by atoms with Gasteiger partial charge in [-0.05, 0) is 52.1 Å². The lowest BCUT2D eigenvalue weighted by molar-refractivity contribution is -0.131. The fourth-order valence-corrected chi connectivity index (χ4v) is 3.17. The quantitative estimate of drug-likeness (QED) is 0.809. The summed E-state index contributed by atoms with van der Waals surface area (Å²) in [5, 5.41) is 3.41. The number of hydrogen-bond donors (Lipinski definition) is 1. The number of nitrogens with one attached hydrogen (secondary N) is 1. The van der Waals surface area contributed by atoms with E-state index in [9.17, 15) is 4.79 Å². The van der Waals surface area contributed by atoms with Crippen LogP contribution in [0.4, 0.5) is 0 Å². The van der Waals surface area contributed by atoms with Crippen LogP contribution in [0, 0.1) is 5.92 Å². The minimum atomic E-state index is 0.130. The Morgan fingerprint density at radius 1 is 1.33 bits per heavy atom. The molecule has 1 atom stereocenters. The fraction of sp³-hybridized carbons (Fsp3) is 0.929. The summed E-state index contributed by atoms with van der Waals surface area (Å²) in [7, 11) is 1.92. The Labute approximate surface area is 111 Å². The van der Waals surface area contributed by atoms with E-state index in [-0.39, 0.29) is 6.04 Å². The number of rotatable bonds is 4. The summed E-state index contributed by atoms with van der Waals surface area (Å²) in [6.45, 7) is 8.70. The number of carbonyl (C=O) groups excluding carboxylic acids is 1. The predicted molar refractivity (Wildman–Crippen MR) is 73.5 cm³/mol. The molecule has 4 nitrogen and oxygen atoms in total. The second-order valence-corrected chi connectivity index (χ2v) is 6.05. The Kier molecular flexibility index (Phi) is 4.62. The maximum absolute atomic E-state index is 12.2. The van der Waals surface area contributed by atoms with Crippen LogP contribution in [-0.4, -0.2) is 61.0 Å². The van der Waals surface area contributed by atoms with Gasteiger partial charge < -0.3 is 10.2 Å². The van der Waals surface area contributed by atoms with Gasteiger partial charge in [0, 0.05) is 26.2 Å². The van der Waals surface area contributed by atoms with Crippen LogP contribution in [0.5, 0.6) is 0 Å². The monoisotopic (exact) mass is 253 g/mol. The number of carbonyl (C=O) groups is 1. The van der Waals surface area contributed by atoms with E-state index >= 15 is 0 Å². The van der Waals surface area contributed by atoms with Crippen LogP contribution in [-0.2, 0) is 4.79 Å². The molecule has 18 heavy (non-hydrogen) atoms. The minimum Gasteiger partial charge on any atom is -0.344 e. The summed E-state index contributed by atoms with van der Waals surface area (Å²) in [5.74, 6) is 1.07. The van der Waals surface area contributed by atoms with Crippen molar-refractivity contribution < 1.29 is 4.79 Å². The second kappa shape index (κ2) is 6.02. The Balaban J connectivity index is 1.97. The van der Waals surface area contributed by atoms with Crippen molar-refractivity contribution in [3.05, 3.63) is 0 Å². The minimum absolute atomic E-state index is 0.130. The van der Waals surface area contributed by atoms with E-state index in [1.165, 1.54) is 12.8 Å². The van der Waals surface area contributed by atoms with Crippen molar-refractivity contribution in [2.75, 3.05) is 33.2 Å². The maximum atomic E-state index is 12.2. The first-order valence-electron chi connectivity index (χ1n) is 7.31. The van der Waals surface area contributed by atoms with Crippen LogP contribution < -0.4 is 5.32 Å².